The molecule has 4 heteroatoms. The van der Waals surface area contributed by atoms with Crippen molar-refractivity contribution in [3.05, 3.63) is 54.2 Å². The Balaban J connectivity index is 1.95. The molecule has 2 rings (SSSR count). The lowest BCUT2D eigenvalue weighted by atomic mass is 10.2. The summed E-state index contributed by atoms with van der Waals surface area (Å²) in [5.74, 6) is 0.146. The number of hydrogen-bond donors (Lipinski definition) is 1. The Labute approximate surface area is 97.1 Å². The topological polar surface area (TPSA) is 33.4 Å². The van der Waals surface area contributed by atoms with E-state index in [0.29, 0.717) is 16.2 Å². The predicted molar refractivity (Wildman–Crippen MR) is 60.8 cm³/mol. The van der Waals surface area contributed by atoms with E-state index in [9.17, 15) is 9.50 Å². The number of furan rings is 1. The zero-order valence-electron chi connectivity index (χ0n) is 8.47. The van der Waals surface area contributed by atoms with Crippen LogP contribution < -0.4 is 0 Å². The maximum atomic E-state index is 13.3. The Hall–Kier alpha value is -1.26. The molecular formula is C12H11FO2S. The number of thioether (sulfide) groups is 1. The highest BCUT2D eigenvalue weighted by Gasteiger charge is 2.10. The summed E-state index contributed by atoms with van der Waals surface area (Å²) in [6, 6.07) is 8.22. The van der Waals surface area contributed by atoms with Gasteiger partial charge in [0, 0.05) is 16.2 Å². The van der Waals surface area contributed by atoms with E-state index in [-0.39, 0.29) is 5.82 Å². The zero-order valence-corrected chi connectivity index (χ0v) is 9.28. The third kappa shape index (κ3) is 2.65. The summed E-state index contributed by atoms with van der Waals surface area (Å²) in [4.78, 5) is 0.546. The highest BCUT2D eigenvalue weighted by molar-refractivity contribution is 7.99. The molecule has 1 aromatic heterocycles. The van der Waals surface area contributed by atoms with Gasteiger partial charge in [-0.2, -0.15) is 0 Å². The molecule has 0 saturated carbocycles. The van der Waals surface area contributed by atoms with Crippen molar-refractivity contribution in [1.29, 1.82) is 0 Å². The predicted octanol–water partition coefficient (Wildman–Crippen LogP) is 3.24. The Morgan fingerprint density at radius 1 is 1.31 bits per heavy atom. The normalized spacial score (nSPS) is 12.6. The average Bonchev–Trinajstić information content (AvgIpc) is 2.81. The van der Waals surface area contributed by atoms with E-state index in [1.54, 1.807) is 24.3 Å². The smallest absolute Gasteiger partial charge is 0.136 e. The lowest BCUT2D eigenvalue weighted by Crippen LogP contribution is -1.98. The first-order chi connectivity index (χ1) is 7.77. The van der Waals surface area contributed by atoms with Crippen molar-refractivity contribution in [2.75, 3.05) is 5.75 Å². The number of aliphatic hydroxyl groups excluding tert-OH is 1. The van der Waals surface area contributed by atoms with Crippen LogP contribution in [0.2, 0.25) is 0 Å². The molecule has 0 fully saturated rings. The molecule has 0 aliphatic rings. The molecule has 0 bridgehead atoms. The van der Waals surface area contributed by atoms with E-state index >= 15 is 0 Å². The first-order valence-electron chi connectivity index (χ1n) is 4.85. The number of hydrogen-bond acceptors (Lipinski definition) is 3. The van der Waals surface area contributed by atoms with Crippen LogP contribution >= 0.6 is 11.8 Å². The van der Waals surface area contributed by atoms with Crippen LogP contribution in [0.3, 0.4) is 0 Å². The molecule has 0 aliphatic heterocycles. The van der Waals surface area contributed by atoms with Crippen LogP contribution in [0.1, 0.15) is 11.7 Å². The summed E-state index contributed by atoms with van der Waals surface area (Å²) < 4.78 is 18.1. The van der Waals surface area contributed by atoms with Gasteiger partial charge in [0.1, 0.15) is 5.82 Å². The molecule has 1 aromatic carbocycles. The van der Waals surface area contributed by atoms with Crippen LogP contribution in [0, 0.1) is 5.82 Å². The van der Waals surface area contributed by atoms with Crippen molar-refractivity contribution in [3.63, 3.8) is 0 Å². The molecule has 1 unspecified atom stereocenters. The maximum absolute atomic E-state index is 13.3. The summed E-state index contributed by atoms with van der Waals surface area (Å²) in [5.41, 5.74) is 0.712. The summed E-state index contributed by atoms with van der Waals surface area (Å²) in [6.07, 6.45) is 2.36. The molecule has 0 radical (unpaired) electrons. The first kappa shape index (κ1) is 11.2. The lowest BCUT2D eigenvalue weighted by Gasteiger charge is -2.08. The molecular weight excluding hydrogens is 227 g/mol. The van der Waals surface area contributed by atoms with Gasteiger partial charge in [-0.25, -0.2) is 4.39 Å². The lowest BCUT2D eigenvalue weighted by molar-refractivity contribution is 0.203. The number of halogens is 1. The molecule has 84 valence electrons. The van der Waals surface area contributed by atoms with Gasteiger partial charge in [-0.3, -0.25) is 0 Å². The van der Waals surface area contributed by atoms with Crippen molar-refractivity contribution < 1.29 is 13.9 Å². The second-order valence-electron chi connectivity index (χ2n) is 3.31. The van der Waals surface area contributed by atoms with Gasteiger partial charge >= 0.3 is 0 Å². The molecule has 1 heterocycles. The molecule has 2 nitrogen and oxygen atoms in total. The van der Waals surface area contributed by atoms with Crippen molar-refractivity contribution in [3.8, 4) is 0 Å². The number of benzene rings is 1. The van der Waals surface area contributed by atoms with Crippen LogP contribution in [0.5, 0.6) is 0 Å². The minimum absolute atomic E-state index is 0.258. The van der Waals surface area contributed by atoms with Crippen LogP contribution in [0.25, 0.3) is 0 Å². The van der Waals surface area contributed by atoms with E-state index in [4.69, 9.17) is 4.42 Å². The van der Waals surface area contributed by atoms with Crippen molar-refractivity contribution in [2.24, 2.45) is 0 Å². The van der Waals surface area contributed by atoms with Gasteiger partial charge in [0.2, 0.25) is 0 Å². The van der Waals surface area contributed by atoms with E-state index in [1.165, 1.54) is 30.4 Å². The standard InChI is InChI=1S/C12H11FO2S/c13-10-3-1-2-4-12(10)16-8-11(14)9-5-6-15-7-9/h1-7,11,14H,8H2. The largest absolute Gasteiger partial charge is 0.472 e. The van der Waals surface area contributed by atoms with Gasteiger partial charge in [-0.1, -0.05) is 12.1 Å². The Morgan fingerprint density at radius 3 is 2.81 bits per heavy atom. The van der Waals surface area contributed by atoms with Gasteiger partial charge in [0.15, 0.2) is 0 Å². The molecule has 2 aromatic rings. The summed E-state index contributed by atoms with van der Waals surface area (Å²) >= 11 is 1.29. The van der Waals surface area contributed by atoms with Crippen molar-refractivity contribution in [2.45, 2.75) is 11.0 Å². The van der Waals surface area contributed by atoms with E-state index in [1.807, 2.05) is 0 Å². The highest BCUT2D eigenvalue weighted by atomic mass is 32.2. The minimum Gasteiger partial charge on any atom is -0.472 e. The molecule has 1 N–H and O–H groups in total. The van der Waals surface area contributed by atoms with Crippen LogP contribution in [-0.2, 0) is 0 Å². The minimum atomic E-state index is -0.636. The van der Waals surface area contributed by atoms with Gasteiger partial charge < -0.3 is 9.52 Å². The summed E-state index contributed by atoms with van der Waals surface area (Å²) in [7, 11) is 0. The third-order valence-electron chi connectivity index (χ3n) is 2.16. The summed E-state index contributed by atoms with van der Waals surface area (Å²) in [5, 5.41) is 9.76. The second kappa shape index (κ2) is 5.18. The molecule has 0 aliphatic carbocycles. The molecule has 0 saturated heterocycles. The second-order valence-corrected chi connectivity index (χ2v) is 4.38. The van der Waals surface area contributed by atoms with Crippen molar-refractivity contribution in [1.82, 2.24) is 0 Å². The van der Waals surface area contributed by atoms with E-state index < -0.39 is 6.10 Å². The third-order valence-corrected chi connectivity index (χ3v) is 3.29. The van der Waals surface area contributed by atoms with Gasteiger partial charge in [0.05, 0.1) is 18.6 Å². The molecule has 0 spiro atoms. The Bertz CT molecular complexity index is 442. The molecule has 0 amide bonds. The van der Waals surface area contributed by atoms with Crippen LogP contribution in [0.15, 0.2) is 52.2 Å². The Kier molecular flexibility index (Phi) is 3.64. The van der Waals surface area contributed by atoms with Gasteiger partial charge in [0.25, 0.3) is 0 Å². The van der Waals surface area contributed by atoms with Crippen molar-refractivity contribution >= 4 is 11.8 Å². The fourth-order valence-corrected chi connectivity index (χ4v) is 2.20. The number of rotatable bonds is 4. The maximum Gasteiger partial charge on any atom is 0.136 e. The SMILES string of the molecule is OC(CSc1ccccc1F)c1ccoc1. The van der Waals surface area contributed by atoms with E-state index in [2.05, 4.69) is 0 Å². The Morgan fingerprint density at radius 2 is 2.12 bits per heavy atom. The number of aliphatic hydroxyl groups is 1. The quantitative estimate of drug-likeness (QED) is 0.830. The molecule has 16 heavy (non-hydrogen) atoms. The van der Waals surface area contributed by atoms with Crippen LogP contribution in [-0.4, -0.2) is 10.9 Å². The fourth-order valence-electron chi connectivity index (χ4n) is 1.29. The zero-order chi connectivity index (χ0) is 11.4. The van der Waals surface area contributed by atoms with Crippen LogP contribution in [0.4, 0.5) is 4.39 Å². The van der Waals surface area contributed by atoms with Gasteiger partial charge in [-0.15, -0.1) is 11.8 Å². The average molecular weight is 238 g/mol. The summed E-state index contributed by atoms with van der Waals surface area (Å²) in [6.45, 7) is 0. The highest BCUT2D eigenvalue weighted by Crippen LogP contribution is 2.26. The molecule has 1 atom stereocenters. The first-order valence-corrected chi connectivity index (χ1v) is 5.83. The fraction of sp³-hybridized carbons (Fsp3) is 0.167. The van der Waals surface area contributed by atoms with Gasteiger partial charge in [-0.05, 0) is 18.2 Å². The van der Waals surface area contributed by atoms with E-state index in [0.717, 1.165) is 0 Å². The monoisotopic (exact) mass is 238 g/mol.